The zero-order valence-electron chi connectivity index (χ0n) is 55.4. The Morgan fingerprint density at radius 3 is 1.34 bits per heavy atom. The van der Waals surface area contributed by atoms with Crippen LogP contribution in [0.3, 0.4) is 0 Å². The number of alkyl halides is 1. The highest BCUT2D eigenvalue weighted by atomic mass is 35.5. The first-order chi connectivity index (χ1) is 46.5. The number of aryl methyl sites for hydroxylation is 6. The molecular weight excluding hydrogens is 1360 g/mol. The van der Waals surface area contributed by atoms with Gasteiger partial charge in [0.15, 0.2) is 17.3 Å². The van der Waals surface area contributed by atoms with Crippen molar-refractivity contribution in [1.82, 2.24) is 49.7 Å². The summed E-state index contributed by atoms with van der Waals surface area (Å²) in [6.45, 7) is 0.964. The summed E-state index contributed by atoms with van der Waals surface area (Å²) in [7, 11) is -0.492. The van der Waals surface area contributed by atoms with E-state index in [4.69, 9.17) is 61.5 Å². The van der Waals surface area contributed by atoms with Crippen molar-refractivity contribution in [1.29, 1.82) is 5.41 Å². The quantitative estimate of drug-likeness (QED) is 0.0212. The lowest BCUT2D eigenvalue weighted by atomic mass is 10.1. The third-order valence-electron chi connectivity index (χ3n) is 16.4. The van der Waals surface area contributed by atoms with Crippen molar-refractivity contribution in [3.8, 4) is 0 Å². The number of nitrogen functional groups attached to an aromatic ring is 2. The number of amidine groups is 1. The predicted octanol–water partition coefficient (Wildman–Crippen LogP) is 8.04. The Morgan fingerprint density at radius 1 is 0.560 bits per heavy atom. The standard InChI is InChI=1S/C24H26N6O3S.C16H17ClN4O3S.2C7H9N3.C5H7ClO.C5H6O2.C2H7N3.2CH4/c1-29-14-21-23(24(29)31)20(28-19-7-4-5-10-22(19)30(2)34(3,32)33)12-15(26-21)11-16-13-25-17-8-6-9-18(17)27-16;1-20-9-12-15(16(20)22)11(8-14(17)19-12)18-10-6-4-5-7-13(10)21(2)25(3,23)24;2*8-7-4-9-5-2-1-3-6(5)10-7;2*6-4-2-1-3-5(4)7;3-1-2(4)5;;/h4-5,7,10,12-13H,6,8-9,11,14H2,1-3H3,(H,26,28);4-8H,9H2,1-3H3,(H,18,19);2*4H,1-3H2,(H2,8,10);4H,1-3H2;1-3H2;1,3H2,(H3,4,5);2*1H4. The van der Waals surface area contributed by atoms with Crippen LogP contribution < -0.4 is 42.2 Å². The molecule has 2 saturated carbocycles. The second-order valence-corrected chi connectivity index (χ2v) is 28.9. The van der Waals surface area contributed by atoms with E-state index in [2.05, 4.69) is 40.5 Å². The number of aromatic nitrogens is 8. The van der Waals surface area contributed by atoms with Crippen molar-refractivity contribution in [2.45, 2.75) is 136 Å². The van der Waals surface area contributed by atoms with E-state index in [1.54, 1.807) is 91.0 Å². The van der Waals surface area contributed by atoms with Gasteiger partial charge in [-0.1, -0.05) is 50.7 Å². The zero-order chi connectivity index (χ0) is 71.2. The lowest BCUT2D eigenvalue weighted by molar-refractivity contribution is -0.134. The first-order valence-corrected chi connectivity index (χ1v) is 36.1. The van der Waals surface area contributed by atoms with Crippen molar-refractivity contribution >= 4 is 124 Å². The molecule has 0 saturated heterocycles. The summed E-state index contributed by atoms with van der Waals surface area (Å²) in [5, 5.41) is 13.0. The second kappa shape index (κ2) is 35.6. The highest BCUT2D eigenvalue weighted by Gasteiger charge is 2.33. The van der Waals surface area contributed by atoms with E-state index in [1.807, 2.05) is 12.1 Å². The maximum Gasteiger partial charge on any atom is 0.257 e. The molecule has 14 rings (SSSR count). The van der Waals surface area contributed by atoms with Gasteiger partial charge in [0.2, 0.25) is 20.0 Å². The molecule has 32 heteroatoms. The summed E-state index contributed by atoms with van der Waals surface area (Å²) in [6, 6.07) is 17.5. The molecule has 2 aliphatic heterocycles. The van der Waals surface area contributed by atoms with Gasteiger partial charge >= 0.3 is 0 Å². The van der Waals surface area contributed by atoms with Crippen LogP contribution in [-0.4, -0.2) is 154 Å². The molecule has 2 aromatic carbocycles. The average Bonchev–Trinajstić information content (AvgIpc) is 1.56. The molecule has 1 atom stereocenters. The van der Waals surface area contributed by atoms with Gasteiger partial charge in [-0.25, -0.2) is 31.8 Å². The lowest BCUT2D eigenvalue weighted by Crippen LogP contribution is -2.25. The van der Waals surface area contributed by atoms with Gasteiger partial charge in [0.1, 0.15) is 22.6 Å². The number of rotatable bonds is 11. The number of para-hydroxylation sites is 4. The Hall–Kier alpha value is -9.36. The summed E-state index contributed by atoms with van der Waals surface area (Å²) in [4.78, 5) is 94.4. The van der Waals surface area contributed by atoms with E-state index in [0.717, 1.165) is 122 Å². The van der Waals surface area contributed by atoms with Crippen LogP contribution in [0.1, 0.15) is 150 Å². The molecule has 0 bridgehead atoms. The Morgan fingerprint density at radius 2 is 0.950 bits per heavy atom. The number of amides is 2. The zero-order valence-corrected chi connectivity index (χ0v) is 58.6. The first kappa shape index (κ1) is 79.6. The normalized spacial score (nSPS) is 15.6. The number of hydrogen-bond donors (Lipinski definition) is 7. The number of nitrogens with two attached hydrogens (primary N) is 4. The van der Waals surface area contributed by atoms with Gasteiger partial charge in [0, 0.05) is 65.8 Å². The van der Waals surface area contributed by atoms with Gasteiger partial charge in [0.25, 0.3) is 11.8 Å². The summed E-state index contributed by atoms with van der Waals surface area (Å²) in [5.41, 5.74) is 34.1. The van der Waals surface area contributed by atoms with Crippen molar-refractivity contribution in [3.05, 3.63) is 152 Å². The largest absolute Gasteiger partial charge is 0.387 e. The molecular formula is C68H89Cl2N19O9S2. The van der Waals surface area contributed by atoms with Crippen molar-refractivity contribution in [3.63, 3.8) is 0 Å². The predicted molar refractivity (Wildman–Crippen MR) is 392 cm³/mol. The smallest absolute Gasteiger partial charge is 0.257 e. The fourth-order valence-electron chi connectivity index (χ4n) is 11.2. The minimum absolute atomic E-state index is 0. The Labute approximate surface area is 594 Å². The number of fused-ring (bicyclic) bond motifs is 5. The van der Waals surface area contributed by atoms with Gasteiger partial charge in [0.05, 0.1) is 146 Å². The molecule has 2 amide bonds. The van der Waals surface area contributed by atoms with E-state index in [9.17, 15) is 40.8 Å². The van der Waals surface area contributed by atoms with Crippen LogP contribution >= 0.6 is 23.2 Å². The van der Waals surface area contributed by atoms with Crippen molar-refractivity contribution in [2.75, 3.05) is 78.0 Å². The summed E-state index contributed by atoms with van der Waals surface area (Å²) in [6.07, 6.45) is 21.8. The molecule has 536 valence electrons. The second-order valence-electron chi connectivity index (χ2n) is 24.0. The number of pyridine rings is 2. The van der Waals surface area contributed by atoms with Gasteiger partial charge in [-0.3, -0.25) is 62.9 Å². The van der Waals surface area contributed by atoms with Crippen LogP contribution in [0.4, 0.5) is 45.8 Å². The number of nitrogens with zero attached hydrogens (tertiary/aromatic N) is 12. The van der Waals surface area contributed by atoms with E-state index in [1.165, 1.54) is 35.5 Å². The van der Waals surface area contributed by atoms with Gasteiger partial charge in [-0.05, 0) is 113 Å². The van der Waals surface area contributed by atoms with E-state index >= 15 is 0 Å². The topological polar surface area (TPSA) is 422 Å². The fraction of sp³-hybridized carbons (Fsp3) is 0.412. The number of anilines is 8. The Balaban J connectivity index is 0.000000206. The maximum atomic E-state index is 12.9. The number of halogens is 2. The van der Waals surface area contributed by atoms with Crippen LogP contribution in [0.5, 0.6) is 0 Å². The number of carbonyl (C=O) groups excluding carboxylic acids is 5. The number of sulfonamides is 2. The molecule has 100 heavy (non-hydrogen) atoms. The van der Waals surface area contributed by atoms with Gasteiger partial charge in [-0.2, -0.15) is 0 Å². The third kappa shape index (κ3) is 21.1. The SMILES string of the molecule is C.C.CN1Cc2nc(Cc3cnc4c(n3)CCC4)cc(Nc3ccccc3N(C)S(C)(=O)=O)c2C1=O.CN1Cc2nc(Cl)cc(Nc3ccccc3N(C)S(C)(=O)=O)c2C1=O.N=C(N)CN.Nc1cnc2c(n1)CCC2.Nc1cnc2c(n1)CCC2.O=C1CCCC1=O.O=C1CCCC1Cl. The highest BCUT2D eigenvalue weighted by Crippen LogP contribution is 2.37. The number of hydrogen-bond acceptors (Lipinski definition) is 23. The first-order valence-electron chi connectivity index (χ1n) is 31.6. The molecule has 1 unspecified atom stereocenters. The molecule has 0 spiro atoms. The maximum absolute atomic E-state index is 12.9. The van der Waals surface area contributed by atoms with Gasteiger partial charge in [-0.15, -0.1) is 11.6 Å². The molecule has 11 N–H and O–H groups in total. The van der Waals surface area contributed by atoms with Crippen LogP contribution in [-0.2, 0) is 92.5 Å². The molecule has 7 aliphatic rings. The molecule has 28 nitrogen and oxygen atoms in total. The van der Waals surface area contributed by atoms with Crippen LogP contribution in [0.25, 0.3) is 0 Å². The van der Waals surface area contributed by atoms with Crippen LogP contribution in [0, 0.1) is 5.41 Å². The summed E-state index contributed by atoms with van der Waals surface area (Å²) in [5.74, 6) is 0.700. The number of ketones is 3. The Kier molecular flexibility index (Phi) is 28.4. The van der Waals surface area contributed by atoms with Crippen LogP contribution in [0.15, 0.2) is 79.3 Å². The van der Waals surface area contributed by atoms with E-state index in [-0.39, 0.29) is 66.9 Å². The van der Waals surface area contributed by atoms with E-state index < -0.39 is 20.0 Å². The minimum Gasteiger partial charge on any atom is -0.387 e. The van der Waals surface area contributed by atoms with Crippen molar-refractivity contribution in [2.24, 2.45) is 11.5 Å². The number of benzene rings is 2. The third-order valence-corrected chi connectivity index (χ3v) is 19.5. The molecule has 2 fully saturated rings. The highest BCUT2D eigenvalue weighted by molar-refractivity contribution is 7.92. The fourth-order valence-corrected chi connectivity index (χ4v) is 12.7. The molecule has 7 heterocycles. The van der Waals surface area contributed by atoms with Crippen molar-refractivity contribution < 1.29 is 40.8 Å². The monoisotopic (exact) mass is 1450 g/mol. The summed E-state index contributed by atoms with van der Waals surface area (Å²) >= 11 is 11.6. The molecule has 5 aromatic heterocycles. The van der Waals surface area contributed by atoms with Gasteiger partial charge < -0.3 is 43.4 Å². The number of carbonyl (C=O) groups is 5. The van der Waals surface area contributed by atoms with E-state index in [0.29, 0.717) is 107 Å². The molecule has 5 aliphatic carbocycles. The number of Topliss-reactive ketones (excluding diaryl/α,β-unsaturated/α-hetero) is 3. The number of nitrogens with one attached hydrogen (secondary N) is 3. The summed E-state index contributed by atoms with van der Waals surface area (Å²) < 4.78 is 50.5. The lowest BCUT2D eigenvalue weighted by Gasteiger charge is -2.21. The molecule has 7 aromatic rings. The Bertz CT molecular complexity index is 4330. The average molecular weight is 1450 g/mol. The molecule has 0 radical (unpaired) electrons. The van der Waals surface area contributed by atoms with Crippen LogP contribution in [0.2, 0.25) is 5.15 Å². The minimum atomic E-state index is -3.47.